The number of likely N-dealkylation sites (tertiary alicyclic amines) is 1. The Morgan fingerprint density at radius 1 is 1.03 bits per heavy atom. The number of amides is 1. The second kappa shape index (κ2) is 11.8. The monoisotopic (exact) mass is 498 g/mol. The van der Waals surface area contributed by atoms with Crippen LogP contribution in [0.25, 0.3) is 11.1 Å². The molecule has 3 aromatic rings. The van der Waals surface area contributed by atoms with Crippen LogP contribution in [-0.2, 0) is 11.4 Å². The standard InChI is InChI=1S/C26H27ClN4O2.ClH/c27-22-10-8-20(9-11-22)19-6-4-18(5-7-19)17-33-24-3-1-2-23(16-24)30-25(32)21-12-14-31(15-13-21)26(28)29;/h1-11,16,21H,12-15,17H2,(H3,28,29)(H,30,32);1H. The lowest BCUT2D eigenvalue weighted by Crippen LogP contribution is -2.44. The molecule has 1 fully saturated rings. The summed E-state index contributed by atoms with van der Waals surface area (Å²) in [6, 6.07) is 23.4. The van der Waals surface area contributed by atoms with Crippen molar-refractivity contribution in [3.63, 3.8) is 0 Å². The van der Waals surface area contributed by atoms with Crippen molar-refractivity contribution >= 4 is 41.6 Å². The van der Waals surface area contributed by atoms with E-state index in [4.69, 9.17) is 27.5 Å². The molecule has 0 atom stereocenters. The summed E-state index contributed by atoms with van der Waals surface area (Å²) in [6.07, 6.45) is 1.38. The third-order valence-electron chi connectivity index (χ3n) is 5.85. The van der Waals surface area contributed by atoms with Gasteiger partial charge in [0.25, 0.3) is 0 Å². The van der Waals surface area contributed by atoms with E-state index in [1.54, 1.807) is 4.90 Å². The number of piperidine rings is 1. The molecular weight excluding hydrogens is 471 g/mol. The first-order valence-corrected chi connectivity index (χ1v) is 11.3. The summed E-state index contributed by atoms with van der Waals surface area (Å²) in [4.78, 5) is 14.4. The van der Waals surface area contributed by atoms with Gasteiger partial charge in [0, 0.05) is 35.8 Å². The van der Waals surface area contributed by atoms with Gasteiger partial charge < -0.3 is 20.7 Å². The molecule has 4 rings (SSSR count). The fraction of sp³-hybridized carbons (Fsp3) is 0.231. The van der Waals surface area contributed by atoms with Gasteiger partial charge in [-0.25, -0.2) is 0 Å². The first-order chi connectivity index (χ1) is 16.0. The molecule has 0 aliphatic carbocycles. The zero-order valence-electron chi connectivity index (χ0n) is 18.7. The number of halogens is 2. The summed E-state index contributed by atoms with van der Waals surface area (Å²) in [5.41, 5.74) is 9.53. The van der Waals surface area contributed by atoms with Crippen LogP contribution in [0.5, 0.6) is 5.75 Å². The van der Waals surface area contributed by atoms with Gasteiger partial charge in [-0.1, -0.05) is 54.1 Å². The molecule has 3 aromatic carbocycles. The quantitative estimate of drug-likeness (QED) is 0.306. The zero-order valence-corrected chi connectivity index (χ0v) is 20.2. The molecule has 4 N–H and O–H groups in total. The maximum atomic E-state index is 12.6. The number of nitrogens with zero attached hydrogens (tertiary/aromatic N) is 1. The average Bonchev–Trinajstić information content (AvgIpc) is 2.84. The van der Waals surface area contributed by atoms with Crippen LogP contribution in [0.15, 0.2) is 72.8 Å². The number of anilines is 1. The van der Waals surface area contributed by atoms with Crippen LogP contribution in [0.1, 0.15) is 18.4 Å². The van der Waals surface area contributed by atoms with Crippen LogP contribution in [0.4, 0.5) is 5.69 Å². The molecule has 0 aromatic heterocycles. The lowest BCUT2D eigenvalue weighted by molar-refractivity contribution is -0.121. The predicted molar refractivity (Wildman–Crippen MR) is 140 cm³/mol. The largest absolute Gasteiger partial charge is 0.489 e. The zero-order chi connectivity index (χ0) is 23.2. The van der Waals surface area contributed by atoms with Crippen LogP contribution in [0.3, 0.4) is 0 Å². The number of carbonyl (C=O) groups is 1. The first kappa shape index (κ1) is 25.4. The van der Waals surface area contributed by atoms with E-state index in [0.717, 1.165) is 21.7 Å². The molecule has 0 spiro atoms. The van der Waals surface area contributed by atoms with Crippen LogP contribution >= 0.6 is 24.0 Å². The normalized spacial score (nSPS) is 13.6. The highest BCUT2D eigenvalue weighted by molar-refractivity contribution is 6.30. The molecule has 0 radical (unpaired) electrons. The maximum absolute atomic E-state index is 12.6. The van der Waals surface area contributed by atoms with E-state index in [1.807, 2.05) is 60.7 Å². The van der Waals surface area contributed by atoms with E-state index in [2.05, 4.69) is 17.4 Å². The highest BCUT2D eigenvalue weighted by atomic mass is 35.5. The molecule has 34 heavy (non-hydrogen) atoms. The third kappa shape index (κ3) is 6.65. The number of hydrogen-bond donors (Lipinski definition) is 3. The number of guanidine groups is 1. The summed E-state index contributed by atoms with van der Waals surface area (Å²) >= 11 is 5.97. The summed E-state index contributed by atoms with van der Waals surface area (Å²) in [7, 11) is 0. The highest BCUT2D eigenvalue weighted by Gasteiger charge is 2.25. The van der Waals surface area contributed by atoms with E-state index in [0.29, 0.717) is 44.0 Å². The second-order valence-electron chi connectivity index (χ2n) is 8.16. The summed E-state index contributed by atoms with van der Waals surface area (Å²) in [5, 5.41) is 11.2. The third-order valence-corrected chi connectivity index (χ3v) is 6.10. The van der Waals surface area contributed by atoms with Gasteiger partial charge in [0.05, 0.1) is 0 Å². The minimum Gasteiger partial charge on any atom is -0.489 e. The Labute approximate surface area is 211 Å². The minimum absolute atomic E-state index is 0. The minimum atomic E-state index is -0.0793. The number of hydrogen-bond acceptors (Lipinski definition) is 3. The van der Waals surface area contributed by atoms with Crippen LogP contribution in [0, 0.1) is 11.3 Å². The Morgan fingerprint density at radius 2 is 1.65 bits per heavy atom. The van der Waals surface area contributed by atoms with E-state index in [1.165, 1.54) is 0 Å². The number of carbonyl (C=O) groups excluding carboxylic acids is 1. The van der Waals surface area contributed by atoms with Gasteiger partial charge in [0.1, 0.15) is 12.4 Å². The summed E-state index contributed by atoms with van der Waals surface area (Å²) in [6.45, 7) is 1.70. The van der Waals surface area contributed by atoms with Gasteiger partial charge in [-0.3, -0.25) is 10.2 Å². The summed E-state index contributed by atoms with van der Waals surface area (Å²) in [5.74, 6) is 0.678. The van der Waals surface area contributed by atoms with Crippen molar-refractivity contribution in [2.45, 2.75) is 19.4 Å². The first-order valence-electron chi connectivity index (χ1n) is 11.0. The van der Waals surface area contributed by atoms with Crippen LogP contribution in [-0.4, -0.2) is 29.9 Å². The topological polar surface area (TPSA) is 91.4 Å². The molecule has 8 heteroatoms. The van der Waals surface area contributed by atoms with E-state index < -0.39 is 0 Å². The van der Waals surface area contributed by atoms with Crippen molar-refractivity contribution in [2.24, 2.45) is 11.7 Å². The predicted octanol–water partition coefficient (Wildman–Crippen LogP) is 5.55. The van der Waals surface area contributed by atoms with Crippen molar-refractivity contribution < 1.29 is 9.53 Å². The van der Waals surface area contributed by atoms with Crippen LogP contribution in [0.2, 0.25) is 5.02 Å². The Balaban J connectivity index is 0.00000324. The van der Waals surface area contributed by atoms with Gasteiger partial charge in [0.2, 0.25) is 5.91 Å². The number of benzene rings is 3. The van der Waals surface area contributed by atoms with Crippen molar-refractivity contribution in [1.82, 2.24) is 4.90 Å². The Morgan fingerprint density at radius 3 is 2.26 bits per heavy atom. The smallest absolute Gasteiger partial charge is 0.227 e. The molecule has 1 amide bonds. The van der Waals surface area contributed by atoms with Crippen molar-refractivity contribution in [3.8, 4) is 16.9 Å². The van der Waals surface area contributed by atoms with Gasteiger partial charge in [-0.2, -0.15) is 0 Å². The molecular formula is C26H28Cl2N4O2. The lowest BCUT2D eigenvalue weighted by atomic mass is 9.96. The van der Waals surface area contributed by atoms with Gasteiger partial charge in [0.15, 0.2) is 5.96 Å². The molecule has 178 valence electrons. The lowest BCUT2D eigenvalue weighted by Gasteiger charge is -2.31. The van der Waals surface area contributed by atoms with Crippen molar-refractivity contribution in [1.29, 1.82) is 5.41 Å². The van der Waals surface area contributed by atoms with E-state index in [9.17, 15) is 4.79 Å². The van der Waals surface area contributed by atoms with Crippen molar-refractivity contribution in [2.75, 3.05) is 18.4 Å². The van der Waals surface area contributed by atoms with Gasteiger partial charge in [-0.15, -0.1) is 12.4 Å². The number of ether oxygens (including phenoxy) is 1. The number of rotatable bonds is 6. The maximum Gasteiger partial charge on any atom is 0.227 e. The molecule has 6 nitrogen and oxygen atoms in total. The van der Waals surface area contributed by atoms with Crippen LogP contribution < -0.4 is 15.8 Å². The SMILES string of the molecule is Cl.N=C(N)N1CCC(C(=O)Nc2cccc(OCc3ccc(-c4ccc(Cl)cc4)cc3)c2)CC1. The van der Waals surface area contributed by atoms with E-state index in [-0.39, 0.29) is 30.2 Å². The summed E-state index contributed by atoms with van der Waals surface area (Å²) < 4.78 is 5.95. The van der Waals surface area contributed by atoms with E-state index >= 15 is 0 Å². The molecule has 0 saturated carbocycles. The second-order valence-corrected chi connectivity index (χ2v) is 8.59. The Bertz CT molecular complexity index is 1110. The van der Waals surface area contributed by atoms with Gasteiger partial charge >= 0.3 is 0 Å². The number of nitrogens with two attached hydrogens (primary N) is 1. The Hall–Kier alpha value is -3.22. The molecule has 0 bridgehead atoms. The fourth-order valence-electron chi connectivity index (χ4n) is 3.89. The highest BCUT2D eigenvalue weighted by Crippen LogP contribution is 2.24. The number of nitrogens with one attached hydrogen (secondary N) is 2. The Kier molecular flexibility index (Phi) is 8.79. The van der Waals surface area contributed by atoms with Gasteiger partial charge in [-0.05, 0) is 53.8 Å². The molecule has 1 aliphatic heterocycles. The average molecular weight is 499 g/mol. The van der Waals surface area contributed by atoms with Crippen molar-refractivity contribution in [3.05, 3.63) is 83.4 Å². The molecule has 1 aliphatic rings. The fourth-order valence-corrected chi connectivity index (χ4v) is 4.02. The molecule has 1 saturated heterocycles. The molecule has 0 unspecified atom stereocenters. The molecule has 1 heterocycles.